The highest BCUT2D eigenvalue weighted by Crippen LogP contribution is 2.32. The molecule has 1 N–H and O–H groups in total. The first kappa shape index (κ1) is 23.4. The smallest absolute Gasteiger partial charge is 0.239 e. The summed E-state index contributed by atoms with van der Waals surface area (Å²) in [5, 5.41) is 5.50. The Labute approximate surface area is 188 Å². The van der Waals surface area contributed by atoms with Crippen LogP contribution in [0.1, 0.15) is 42.8 Å². The summed E-state index contributed by atoms with van der Waals surface area (Å²) in [4.78, 5) is 18.7. The predicted molar refractivity (Wildman–Crippen MR) is 124 cm³/mol. The van der Waals surface area contributed by atoms with Crippen LogP contribution in [-0.4, -0.2) is 54.7 Å². The van der Waals surface area contributed by atoms with Crippen molar-refractivity contribution in [1.82, 2.24) is 19.5 Å². The summed E-state index contributed by atoms with van der Waals surface area (Å²) in [6, 6.07) is 8.72. The molecule has 0 bridgehead atoms. The Morgan fingerprint density at radius 2 is 2.10 bits per heavy atom. The fraction of sp³-hybridized carbons (Fsp3) is 0.455. The lowest BCUT2D eigenvalue weighted by Gasteiger charge is -2.30. The average molecular weight is 463 g/mol. The second-order valence-corrected chi connectivity index (χ2v) is 10.5. The number of carbonyl (C=O) groups excluding carboxylic acids is 1. The molecule has 168 valence electrons. The Morgan fingerprint density at radius 1 is 1.32 bits per heavy atom. The number of aromatic nitrogens is 1. The average Bonchev–Trinajstić information content (AvgIpc) is 3.21. The minimum absolute atomic E-state index is 0.0697. The summed E-state index contributed by atoms with van der Waals surface area (Å²) in [6.07, 6.45) is 4.10. The maximum Gasteiger partial charge on any atom is 0.239 e. The van der Waals surface area contributed by atoms with E-state index in [9.17, 15) is 13.2 Å². The summed E-state index contributed by atoms with van der Waals surface area (Å²) in [7, 11) is -3.60. The second kappa shape index (κ2) is 10.9. The molecule has 1 fully saturated rings. The summed E-state index contributed by atoms with van der Waals surface area (Å²) in [6.45, 7) is 7.67. The molecular formula is C22H30N4O3S2. The summed E-state index contributed by atoms with van der Waals surface area (Å²) in [5.74, 6) is -0.146. The highest BCUT2D eigenvalue weighted by atomic mass is 32.2. The minimum atomic E-state index is -3.60. The SMILES string of the molecule is C=C1CCN(S(=O)(=O)Cc2ccccc2)C(c2nccs2)CN1CC(=O)NCCCC. The fourth-order valence-corrected chi connectivity index (χ4v) is 6.10. The fourth-order valence-electron chi connectivity index (χ4n) is 3.59. The zero-order valence-electron chi connectivity index (χ0n) is 17.9. The van der Waals surface area contributed by atoms with Crippen molar-refractivity contribution in [2.45, 2.75) is 38.0 Å². The van der Waals surface area contributed by atoms with Crippen molar-refractivity contribution >= 4 is 27.3 Å². The summed E-state index contributed by atoms with van der Waals surface area (Å²) >= 11 is 1.43. The molecule has 1 aromatic heterocycles. The number of benzene rings is 1. The third-order valence-corrected chi connectivity index (χ3v) is 8.01. The Kier molecular flexibility index (Phi) is 8.22. The molecule has 1 atom stereocenters. The van der Waals surface area contributed by atoms with E-state index in [1.165, 1.54) is 11.3 Å². The molecule has 0 aliphatic carbocycles. The van der Waals surface area contributed by atoms with Gasteiger partial charge in [-0.2, -0.15) is 4.31 Å². The highest BCUT2D eigenvalue weighted by molar-refractivity contribution is 7.88. The topological polar surface area (TPSA) is 82.6 Å². The van der Waals surface area contributed by atoms with E-state index < -0.39 is 16.1 Å². The van der Waals surface area contributed by atoms with Gasteiger partial charge in [-0.05, 0) is 12.0 Å². The minimum Gasteiger partial charge on any atom is -0.364 e. The number of thiazole rings is 1. The largest absolute Gasteiger partial charge is 0.364 e. The van der Waals surface area contributed by atoms with Crippen molar-refractivity contribution in [2.24, 2.45) is 0 Å². The number of hydrogen-bond acceptors (Lipinski definition) is 6. The number of rotatable bonds is 9. The van der Waals surface area contributed by atoms with E-state index in [1.807, 2.05) is 40.6 Å². The molecule has 31 heavy (non-hydrogen) atoms. The van der Waals surface area contributed by atoms with Crippen LogP contribution in [0.15, 0.2) is 54.2 Å². The van der Waals surface area contributed by atoms with Crippen molar-refractivity contribution in [3.8, 4) is 0 Å². The van der Waals surface area contributed by atoms with E-state index in [4.69, 9.17) is 0 Å². The van der Waals surface area contributed by atoms with Crippen LogP contribution in [0.3, 0.4) is 0 Å². The second-order valence-electron chi connectivity index (χ2n) is 7.64. The van der Waals surface area contributed by atoms with Crippen LogP contribution in [0.5, 0.6) is 0 Å². The molecule has 1 aliphatic heterocycles. The van der Waals surface area contributed by atoms with Crippen LogP contribution in [-0.2, 0) is 20.6 Å². The van der Waals surface area contributed by atoms with Gasteiger partial charge in [-0.1, -0.05) is 50.3 Å². The molecule has 0 spiro atoms. The Hall–Kier alpha value is -2.23. The zero-order chi connectivity index (χ0) is 22.3. The van der Waals surface area contributed by atoms with Crippen molar-refractivity contribution in [1.29, 1.82) is 0 Å². The quantitative estimate of drug-likeness (QED) is 0.579. The first-order valence-corrected chi connectivity index (χ1v) is 13.0. The number of nitrogens with zero attached hydrogens (tertiary/aromatic N) is 3. The Balaban J connectivity index is 1.82. The third-order valence-electron chi connectivity index (χ3n) is 5.28. The monoisotopic (exact) mass is 462 g/mol. The van der Waals surface area contributed by atoms with Crippen molar-refractivity contribution in [3.05, 3.63) is 64.8 Å². The Morgan fingerprint density at radius 3 is 2.77 bits per heavy atom. The van der Waals surface area contributed by atoms with Crippen LogP contribution in [0.4, 0.5) is 0 Å². The first-order valence-electron chi connectivity index (χ1n) is 10.5. The maximum atomic E-state index is 13.4. The van der Waals surface area contributed by atoms with Crippen LogP contribution < -0.4 is 5.32 Å². The van der Waals surface area contributed by atoms with E-state index in [-0.39, 0.29) is 18.2 Å². The molecule has 0 radical (unpaired) electrons. The number of hydrogen-bond donors (Lipinski definition) is 1. The van der Waals surface area contributed by atoms with Gasteiger partial charge in [-0.15, -0.1) is 11.3 Å². The number of nitrogens with one attached hydrogen (secondary N) is 1. The molecule has 3 rings (SSSR count). The molecule has 9 heteroatoms. The van der Waals surface area contributed by atoms with E-state index in [0.29, 0.717) is 26.1 Å². The predicted octanol–water partition coefficient (Wildman–Crippen LogP) is 3.15. The van der Waals surface area contributed by atoms with E-state index >= 15 is 0 Å². The van der Waals surface area contributed by atoms with Gasteiger partial charge in [0.15, 0.2) is 0 Å². The number of unbranched alkanes of at least 4 members (excludes halogenated alkanes) is 1. The van der Waals surface area contributed by atoms with Gasteiger partial charge in [0, 0.05) is 43.3 Å². The molecule has 2 heterocycles. The molecule has 1 amide bonds. The lowest BCUT2D eigenvalue weighted by atomic mass is 10.2. The van der Waals surface area contributed by atoms with Gasteiger partial charge in [0.1, 0.15) is 5.01 Å². The molecule has 2 aromatic rings. The number of sulfonamides is 1. The molecular weight excluding hydrogens is 432 g/mol. The molecule has 1 unspecified atom stereocenters. The van der Waals surface area contributed by atoms with Gasteiger partial charge in [0.25, 0.3) is 0 Å². The van der Waals surface area contributed by atoms with E-state index in [1.54, 1.807) is 10.5 Å². The van der Waals surface area contributed by atoms with Crippen molar-refractivity contribution < 1.29 is 13.2 Å². The van der Waals surface area contributed by atoms with Crippen LogP contribution in [0.2, 0.25) is 0 Å². The summed E-state index contributed by atoms with van der Waals surface area (Å²) in [5.41, 5.74) is 1.51. The zero-order valence-corrected chi connectivity index (χ0v) is 19.5. The molecule has 7 nitrogen and oxygen atoms in total. The van der Waals surface area contributed by atoms with Crippen LogP contribution in [0.25, 0.3) is 0 Å². The van der Waals surface area contributed by atoms with E-state index in [0.717, 1.165) is 29.1 Å². The van der Waals surface area contributed by atoms with Crippen LogP contribution >= 0.6 is 11.3 Å². The molecule has 1 aromatic carbocycles. The lowest BCUT2D eigenvalue weighted by molar-refractivity contribution is -0.121. The normalized spacial score (nSPS) is 18.0. The standard InChI is InChI=1S/C22H30N4O3S2/c1-3-4-11-23-21(27)16-25-15-20(22-24-12-14-30-22)26(13-10-18(25)2)31(28,29)17-19-8-6-5-7-9-19/h5-9,12,14,20H,2-4,10-11,13,15-17H2,1H3,(H,23,27). The lowest BCUT2D eigenvalue weighted by Crippen LogP contribution is -2.41. The Bertz CT molecular complexity index is 962. The third kappa shape index (κ3) is 6.38. The maximum absolute atomic E-state index is 13.4. The molecule has 1 aliphatic rings. The number of amides is 1. The van der Waals surface area contributed by atoms with Crippen molar-refractivity contribution in [3.63, 3.8) is 0 Å². The first-order chi connectivity index (χ1) is 14.9. The van der Waals surface area contributed by atoms with Crippen molar-refractivity contribution in [2.75, 3.05) is 26.2 Å². The van der Waals surface area contributed by atoms with Gasteiger partial charge in [0.05, 0.1) is 18.3 Å². The van der Waals surface area contributed by atoms with Gasteiger partial charge in [-0.3, -0.25) is 4.79 Å². The molecule has 0 saturated carbocycles. The van der Waals surface area contributed by atoms with Gasteiger partial charge < -0.3 is 10.2 Å². The molecule has 1 saturated heterocycles. The van der Waals surface area contributed by atoms with E-state index in [2.05, 4.69) is 23.8 Å². The highest BCUT2D eigenvalue weighted by Gasteiger charge is 2.37. The van der Waals surface area contributed by atoms with Gasteiger partial charge in [0.2, 0.25) is 15.9 Å². The summed E-state index contributed by atoms with van der Waals surface area (Å²) < 4.78 is 28.3. The van der Waals surface area contributed by atoms with Crippen LogP contribution in [0, 0.1) is 0 Å². The van der Waals surface area contributed by atoms with Gasteiger partial charge >= 0.3 is 0 Å². The number of carbonyl (C=O) groups is 1. The van der Waals surface area contributed by atoms with Gasteiger partial charge in [-0.25, -0.2) is 13.4 Å².